The lowest BCUT2D eigenvalue weighted by atomic mass is 10.2. The minimum Gasteiger partial charge on any atom is -0.460 e. The van der Waals surface area contributed by atoms with E-state index in [9.17, 15) is 13.2 Å². The fourth-order valence-corrected chi connectivity index (χ4v) is 3.39. The molecule has 0 aromatic heterocycles. The van der Waals surface area contributed by atoms with Gasteiger partial charge in [-0.25, -0.2) is 13.2 Å². The molecule has 0 aliphatic heterocycles. The van der Waals surface area contributed by atoms with E-state index in [0.717, 1.165) is 10.4 Å². The zero-order valence-electron chi connectivity index (χ0n) is 12.8. The number of hydrogen-bond donors (Lipinski definition) is 1. The molecule has 2 aromatic carbocycles. The summed E-state index contributed by atoms with van der Waals surface area (Å²) >= 11 is 5.94. The van der Waals surface area contributed by atoms with Crippen molar-refractivity contribution in [3.63, 3.8) is 0 Å². The van der Waals surface area contributed by atoms with Gasteiger partial charge < -0.3 is 9.84 Å². The molecular weight excluding hydrogens is 354 g/mol. The average molecular weight is 370 g/mol. The second-order valence-electron chi connectivity index (χ2n) is 4.81. The highest BCUT2D eigenvalue weighted by molar-refractivity contribution is 7.92. The van der Waals surface area contributed by atoms with Gasteiger partial charge in [0.05, 0.1) is 27.8 Å². The Morgan fingerprint density at radius 2 is 1.88 bits per heavy atom. The number of para-hydroxylation sites is 1. The van der Waals surface area contributed by atoms with Crippen molar-refractivity contribution in [2.75, 3.05) is 24.6 Å². The summed E-state index contributed by atoms with van der Waals surface area (Å²) in [6, 6.07) is 12.3. The Morgan fingerprint density at radius 1 is 1.21 bits per heavy atom. The molecule has 0 fully saturated rings. The molecule has 0 saturated carbocycles. The Kier molecular flexibility index (Phi) is 5.82. The molecule has 0 aliphatic carbocycles. The van der Waals surface area contributed by atoms with Crippen LogP contribution in [0, 0.1) is 0 Å². The molecule has 0 spiro atoms. The van der Waals surface area contributed by atoms with Crippen LogP contribution in [0.25, 0.3) is 0 Å². The lowest BCUT2D eigenvalue weighted by molar-refractivity contribution is 0.0433. The SMILES string of the molecule is CN(c1ccccc1)S(=O)(=O)c1ccc(Cl)c(C(=O)OCCO)c1. The van der Waals surface area contributed by atoms with Crippen LogP contribution in [0.15, 0.2) is 53.4 Å². The largest absolute Gasteiger partial charge is 0.460 e. The summed E-state index contributed by atoms with van der Waals surface area (Å²) in [6.45, 7) is -0.534. The van der Waals surface area contributed by atoms with Gasteiger partial charge >= 0.3 is 5.97 Å². The molecule has 0 atom stereocenters. The normalized spacial score (nSPS) is 11.1. The maximum Gasteiger partial charge on any atom is 0.339 e. The topological polar surface area (TPSA) is 83.9 Å². The molecule has 0 saturated heterocycles. The molecular formula is C16H16ClNO5S. The van der Waals surface area contributed by atoms with E-state index in [1.165, 1.54) is 19.2 Å². The monoisotopic (exact) mass is 369 g/mol. The van der Waals surface area contributed by atoms with Crippen molar-refractivity contribution >= 4 is 33.3 Å². The first kappa shape index (κ1) is 18.3. The number of anilines is 1. The molecule has 0 amide bonds. The Balaban J connectivity index is 2.39. The molecule has 0 heterocycles. The van der Waals surface area contributed by atoms with Gasteiger partial charge in [0, 0.05) is 7.05 Å². The number of carbonyl (C=O) groups is 1. The molecule has 2 rings (SSSR count). The molecule has 8 heteroatoms. The van der Waals surface area contributed by atoms with Gasteiger partial charge in [-0.3, -0.25) is 4.31 Å². The standard InChI is InChI=1S/C16H16ClNO5S/c1-18(12-5-3-2-4-6-12)24(21,22)13-7-8-15(17)14(11-13)16(20)23-10-9-19/h2-8,11,19H,9-10H2,1H3. The van der Waals surface area contributed by atoms with Crippen LogP contribution in [0.2, 0.25) is 5.02 Å². The number of carbonyl (C=O) groups excluding carboxylic acids is 1. The number of rotatable bonds is 6. The summed E-state index contributed by atoms with van der Waals surface area (Å²) in [6.07, 6.45) is 0. The third-order valence-corrected chi connectivity index (χ3v) is 5.37. The molecule has 0 bridgehead atoms. The fourth-order valence-electron chi connectivity index (χ4n) is 1.97. The maximum absolute atomic E-state index is 12.7. The Hall–Kier alpha value is -2.09. The van der Waals surface area contributed by atoms with E-state index < -0.39 is 16.0 Å². The van der Waals surface area contributed by atoms with E-state index in [1.54, 1.807) is 30.3 Å². The van der Waals surface area contributed by atoms with Gasteiger partial charge in [-0.2, -0.15) is 0 Å². The van der Waals surface area contributed by atoms with Crippen molar-refractivity contribution in [2.45, 2.75) is 4.90 Å². The first-order chi connectivity index (χ1) is 11.4. The van der Waals surface area contributed by atoms with Crippen molar-refractivity contribution < 1.29 is 23.1 Å². The first-order valence-corrected chi connectivity index (χ1v) is 8.81. The summed E-state index contributed by atoms with van der Waals surface area (Å²) in [7, 11) is -2.45. The number of hydrogen-bond acceptors (Lipinski definition) is 5. The van der Waals surface area contributed by atoms with Crippen LogP contribution >= 0.6 is 11.6 Å². The van der Waals surface area contributed by atoms with E-state index in [-0.39, 0.29) is 28.7 Å². The van der Waals surface area contributed by atoms with Gasteiger partial charge in [0.15, 0.2) is 0 Å². The summed E-state index contributed by atoms with van der Waals surface area (Å²) in [4.78, 5) is 11.8. The van der Waals surface area contributed by atoms with Crippen LogP contribution in [0.3, 0.4) is 0 Å². The molecule has 0 aliphatic rings. The van der Waals surface area contributed by atoms with Crippen LogP contribution in [-0.2, 0) is 14.8 Å². The Labute approximate surface area is 145 Å². The third kappa shape index (κ3) is 3.87. The highest BCUT2D eigenvalue weighted by atomic mass is 35.5. The zero-order chi connectivity index (χ0) is 17.7. The average Bonchev–Trinajstić information content (AvgIpc) is 2.59. The molecule has 128 valence electrons. The van der Waals surface area contributed by atoms with Crippen LogP contribution < -0.4 is 4.31 Å². The van der Waals surface area contributed by atoms with Crippen molar-refractivity contribution in [3.8, 4) is 0 Å². The molecule has 1 N–H and O–H groups in total. The van der Waals surface area contributed by atoms with Gasteiger partial charge in [-0.05, 0) is 30.3 Å². The van der Waals surface area contributed by atoms with Crippen molar-refractivity contribution in [1.82, 2.24) is 0 Å². The summed E-state index contributed by atoms with van der Waals surface area (Å²) in [5.41, 5.74) is 0.407. The number of aliphatic hydroxyl groups excluding tert-OH is 1. The van der Waals surface area contributed by atoms with Gasteiger partial charge in [0.1, 0.15) is 6.61 Å². The van der Waals surface area contributed by atoms with Gasteiger partial charge in [-0.1, -0.05) is 29.8 Å². The zero-order valence-corrected chi connectivity index (χ0v) is 14.4. The van der Waals surface area contributed by atoms with Gasteiger partial charge in [0.25, 0.3) is 10.0 Å². The van der Waals surface area contributed by atoms with E-state index in [2.05, 4.69) is 0 Å². The quantitative estimate of drug-likeness (QED) is 0.790. The second-order valence-corrected chi connectivity index (χ2v) is 7.19. The van der Waals surface area contributed by atoms with Crippen LogP contribution in [0.4, 0.5) is 5.69 Å². The van der Waals surface area contributed by atoms with E-state index >= 15 is 0 Å². The van der Waals surface area contributed by atoms with Gasteiger partial charge in [0.2, 0.25) is 0 Å². The lowest BCUT2D eigenvalue weighted by Crippen LogP contribution is -2.26. The van der Waals surface area contributed by atoms with E-state index in [4.69, 9.17) is 21.4 Å². The molecule has 0 unspecified atom stereocenters. The number of halogens is 1. The maximum atomic E-state index is 12.7. The molecule has 24 heavy (non-hydrogen) atoms. The highest BCUT2D eigenvalue weighted by Gasteiger charge is 2.24. The number of benzene rings is 2. The highest BCUT2D eigenvalue weighted by Crippen LogP contribution is 2.26. The molecule has 2 aromatic rings. The summed E-state index contributed by atoms with van der Waals surface area (Å²) in [5, 5.41) is 8.77. The van der Waals surface area contributed by atoms with Crippen LogP contribution in [0.5, 0.6) is 0 Å². The third-order valence-electron chi connectivity index (χ3n) is 3.26. The van der Waals surface area contributed by atoms with Gasteiger partial charge in [-0.15, -0.1) is 0 Å². The molecule has 6 nitrogen and oxygen atoms in total. The number of nitrogens with zero attached hydrogens (tertiary/aromatic N) is 1. The predicted octanol–water partition coefficient (Wildman–Crippen LogP) is 2.31. The molecule has 0 radical (unpaired) electrons. The van der Waals surface area contributed by atoms with Crippen molar-refractivity contribution in [1.29, 1.82) is 0 Å². The smallest absolute Gasteiger partial charge is 0.339 e. The summed E-state index contributed by atoms with van der Waals surface area (Å²) < 4.78 is 31.3. The fraction of sp³-hybridized carbons (Fsp3) is 0.188. The summed E-state index contributed by atoms with van der Waals surface area (Å²) in [5.74, 6) is -0.798. The Morgan fingerprint density at radius 3 is 2.50 bits per heavy atom. The minimum atomic E-state index is -3.87. The lowest BCUT2D eigenvalue weighted by Gasteiger charge is -2.20. The first-order valence-electron chi connectivity index (χ1n) is 6.99. The number of esters is 1. The minimum absolute atomic E-state index is 0.0688. The van der Waals surface area contributed by atoms with Crippen molar-refractivity contribution in [3.05, 3.63) is 59.1 Å². The predicted molar refractivity (Wildman–Crippen MR) is 90.9 cm³/mol. The van der Waals surface area contributed by atoms with Crippen LogP contribution in [0.1, 0.15) is 10.4 Å². The Bertz CT molecular complexity index is 824. The number of aliphatic hydroxyl groups is 1. The number of sulfonamides is 1. The second kappa shape index (κ2) is 7.65. The van der Waals surface area contributed by atoms with Crippen molar-refractivity contribution in [2.24, 2.45) is 0 Å². The number of ether oxygens (including phenoxy) is 1. The van der Waals surface area contributed by atoms with E-state index in [1.807, 2.05) is 0 Å². The van der Waals surface area contributed by atoms with E-state index in [0.29, 0.717) is 5.69 Å². The van der Waals surface area contributed by atoms with Crippen LogP contribution in [-0.4, -0.2) is 39.8 Å².